The Balaban J connectivity index is 2.04. The average Bonchev–Trinajstić information content (AvgIpc) is 2.95. The number of carbonyl (C=O) groups excluding carboxylic acids is 2. The Bertz CT molecular complexity index is 1380. The van der Waals surface area contributed by atoms with Gasteiger partial charge in [-0.15, -0.1) is 11.8 Å². The molecule has 0 aromatic heterocycles. The number of nitrogens with zero attached hydrogens (tertiary/aromatic N) is 2. The number of anilines is 1. The topological polar surface area (TPSA) is 96.0 Å². The second kappa shape index (κ2) is 13.5. The number of benzene rings is 3. The van der Waals surface area contributed by atoms with Gasteiger partial charge in [-0.3, -0.25) is 13.9 Å². The highest BCUT2D eigenvalue weighted by atomic mass is 32.2. The first-order chi connectivity index (χ1) is 18.6. The van der Waals surface area contributed by atoms with E-state index in [0.717, 1.165) is 20.3 Å². The van der Waals surface area contributed by atoms with Crippen LogP contribution in [0.15, 0.2) is 82.6 Å². The summed E-state index contributed by atoms with van der Waals surface area (Å²) >= 11 is 1.50. The van der Waals surface area contributed by atoms with Crippen molar-refractivity contribution < 1.29 is 22.7 Å². The zero-order valence-corrected chi connectivity index (χ0v) is 24.5. The fraction of sp³-hybridized carbons (Fsp3) is 0.310. The maximum Gasteiger partial charge on any atom is 0.264 e. The van der Waals surface area contributed by atoms with Gasteiger partial charge in [-0.1, -0.05) is 24.3 Å². The Morgan fingerprint density at radius 3 is 2.21 bits per heavy atom. The van der Waals surface area contributed by atoms with Gasteiger partial charge in [0.05, 0.1) is 17.2 Å². The monoisotopic (exact) mass is 569 g/mol. The van der Waals surface area contributed by atoms with Crippen molar-refractivity contribution in [2.45, 2.75) is 43.1 Å². The molecule has 0 bridgehead atoms. The molecule has 0 spiro atoms. The number of aryl methyl sites for hydroxylation is 1. The van der Waals surface area contributed by atoms with Crippen LogP contribution in [0.2, 0.25) is 0 Å². The Kier molecular flexibility index (Phi) is 10.4. The molecule has 0 radical (unpaired) electrons. The van der Waals surface area contributed by atoms with Gasteiger partial charge in [-0.05, 0) is 86.7 Å². The lowest BCUT2D eigenvalue weighted by Gasteiger charge is -2.32. The lowest BCUT2D eigenvalue weighted by Crippen LogP contribution is -2.50. The van der Waals surface area contributed by atoms with E-state index in [0.29, 0.717) is 18.0 Å². The van der Waals surface area contributed by atoms with Crippen LogP contribution in [-0.2, 0) is 26.2 Å². The summed E-state index contributed by atoms with van der Waals surface area (Å²) < 4.78 is 34.4. The molecular weight excluding hydrogens is 534 g/mol. The minimum absolute atomic E-state index is 0.0618. The minimum atomic E-state index is -4.13. The summed E-state index contributed by atoms with van der Waals surface area (Å²) in [5.74, 6) is -0.267. The molecule has 0 aliphatic carbocycles. The van der Waals surface area contributed by atoms with Gasteiger partial charge in [0.1, 0.15) is 18.3 Å². The van der Waals surface area contributed by atoms with Gasteiger partial charge in [0.2, 0.25) is 11.8 Å². The van der Waals surface area contributed by atoms with E-state index in [1.165, 1.54) is 35.8 Å². The summed E-state index contributed by atoms with van der Waals surface area (Å²) in [5.41, 5.74) is 2.14. The molecule has 0 aliphatic heterocycles. The first-order valence-corrected chi connectivity index (χ1v) is 15.2. The Hall–Kier alpha value is -3.50. The number of hydrogen-bond donors (Lipinski definition) is 1. The number of nitrogens with one attached hydrogen (secondary N) is 1. The molecule has 3 aromatic rings. The number of carbonyl (C=O) groups is 2. The molecule has 208 valence electrons. The Morgan fingerprint density at radius 1 is 1.00 bits per heavy atom. The maximum atomic E-state index is 13.9. The van der Waals surface area contributed by atoms with Crippen LogP contribution < -0.4 is 14.4 Å². The molecule has 0 aliphatic rings. The molecule has 0 saturated carbocycles. The smallest absolute Gasteiger partial charge is 0.264 e. The Labute approximate surface area is 235 Å². The van der Waals surface area contributed by atoms with Crippen molar-refractivity contribution >= 4 is 39.3 Å². The lowest BCUT2D eigenvalue weighted by molar-refractivity contribution is -0.139. The second-order valence-electron chi connectivity index (χ2n) is 8.85. The van der Waals surface area contributed by atoms with Crippen molar-refractivity contribution in [1.82, 2.24) is 10.2 Å². The average molecular weight is 570 g/mol. The predicted molar refractivity (Wildman–Crippen MR) is 156 cm³/mol. The van der Waals surface area contributed by atoms with E-state index < -0.39 is 28.5 Å². The van der Waals surface area contributed by atoms with Crippen molar-refractivity contribution in [3.63, 3.8) is 0 Å². The van der Waals surface area contributed by atoms with E-state index in [9.17, 15) is 18.0 Å². The zero-order chi connectivity index (χ0) is 28.6. The highest BCUT2D eigenvalue weighted by molar-refractivity contribution is 7.98. The van der Waals surface area contributed by atoms with Gasteiger partial charge >= 0.3 is 0 Å². The van der Waals surface area contributed by atoms with Gasteiger partial charge in [-0.25, -0.2) is 8.42 Å². The first kappa shape index (κ1) is 30.0. The summed E-state index contributed by atoms with van der Waals surface area (Å²) in [6.07, 6.45) is 1.91. The second-order valence-corrected chi connectivity index (χ2v) is 11.6. The van der Waals surface area contributed by atoms with E-state index in [1.807, 2.05) is 44.4 Å². The van der Waals surface area contributed by atoms with Crippen LogP contribution in [0, 0.1) is 6.92 Å². The molecule has 0 fully saturated rings. The standard InChI is InChI=1S/C29H35N3O5S2/c1-6-37-25-13-11-24(12-14-25)32(39(35,36)27-17-15-26(38-5)16-18-27)20-28(33)31(22(3)29(34)30-4)19-23-10-8-7-9-21(23)2/h7-18,22H,6,19-20H2,1-5H3,(H,30,34)/t22-/m0/s1. The molecule has 39 heavy (non-hydrogen) atoms. The minimum Gasteiger partial charge on any atom is -0.494 e. The normalized spacial score (nSPS) is 11.9. The van der Waals surface area contributed by atoms with Crippen LogP contribution in [0.1, 0.15) is 25.0 Å². The molecule has 1 N–H and O–H groups in total. The third kappa shape index (κ3) is 7.33. The van der Waals surface area contributed by atoms with Crippen molar-refractivity contribution in [3.8, 4) is 5.75 Å². The summed E-state index contributed by atoms with van der Waals surface area (Å²) in [6, 6.07) is 19.8. The molecule has 0 unspecified atom stereocenters. The van der Waals surface area contributed by atoms with E-state index in [4.69, 9.17) is 4.74 Å². The molecule has 3 rings (SSSR count). The van der Waals surface area contributed by atoms with Crippen LogP contribution in [0.5, 0.6) is 5.75 Å². The van der Waals surface area contributed by atoms with Crippen molar-refractivity contribution in [3.05, 3.63) is 83.9 Å². The zero-order valence-electron chi connectivity index (χ0n) is 22.9. The van der Waals surface area contributed by atoms with Crippen molar-refractivity contribution in [2.75, 3.05) is 30.8 Å². The number of thioether (sulfide) groups is 1. The molecule has 8 nitrogen and oxygen atoms in total. The Morgan fingerprint density at radius 2 is 1.64 bits per heavy atom. The van der Waals surface area contributed by atoms with Gasteiger partial charge < -0.3 is 15.0 Å². The van der Waals surface area contributed by atoms with E-state index in [-0.39, 0.29) is 17.3 Å². The molecule has 1 atom stereocenters. The summed E-state index contributed by atoms with van der Waals surface area (Å²) in [4.78, 5) is 28.9. The quantitative estimate of drug-likeness (QED) is 0.323. The molecule has 0 saturated heterocycles. The van der Waals surface area contributed by atoms with Crippen LogP contribution in [0.3, 0.4) is 0 Å². The number of ether oxygens (including phenoxy) is 1. The third-order valence-corrected chi connectivity index (χ3v) is 8.91. The number of likely N-dealkylation sites (N-methyl/N-ethyl adjacent to an activating group) is 1. The van der Waals surface area contributed by atoms with Crippen molar-refractivity contribution in [1.29, 1.82) is 0 Å². The highest BCUT2D eigenvalue weighted by Gasteiger charge is 2.32. The van der Waals surface area contributed by atoms with Crippen molar-refractivity contribution in [2.24, 2.45) is 0 Å². The molecule has 0 heterocycles. The summed E-state index contributed by atoms with van der Waals surface area (Å²) in [6.45, 7) is 5.54. The number of rotatable bonds is 12. The summed E-state index contributed by atoms with van der Waals surface area (Å²) in [7, 11) is -2.63. The molecular formula is C29H35N3O5S2. The molecule has 2 amide bonds. The SMILES string of the molecule is CCOc1ccc(N(CC(=O)N(Cc2ccccc2C)[C@@H](C)C(=O)NC)S(=O)(=O)c2ccc(SC)cc2)cc1. The number of sulfonamides is 1. The van der Waals surface area contributed by atoms with Gasteiger partial charge in [0, 0.05) is 18.5 Å². The maximum absolute atomic E-state index is 13.9. The van der Waals surface area contributed by atoms with E-state index in [2.05, 4.69) is 5.32 Å². The van der Waals surface area contributed by atoms with Crippen LogP contribution in [-0.4, -0.2) is 57.6 Å². The molecule has 3 aromatic carbocycles. The fourth-order valence-corrected chi connectivity index (χ4v) is 5.86. The first-order valence-electron chi connectivity index (χ1n) is 12.6. The van der Waals surface area contributed by atoms with E-state index in [1.54, 1.807) is 43.3 Å². The van der Waals surface area contributed by atoms with Gasteiger partial charge in [-0.2, -0.15) is 0 Å². The highest BCUT2D eigenvalue weighted by Crippen LogP contribution is 2.28. The van der Waals surface area contributed by atoms with Crippen LogP contribution in [0.4, 0.5) is 5.69 Å². The number of amides is 2. The van der Waals surface area contributed by atoms with Gasteiger partial charge in [0.25, 0.3) is 10.0 Å². The largest absolute Gasteiger partial charge is 0.494 e. The van der Waals surface area contributed by atoms with Crippen LogP contribution >= 0.6 is 11.8 Å². The number of hydrogen-bond acceptors (Lipinski definition) is 6. The fourth-order valence-electron chi connectivity index (χ4n) is 4.04. The summed E-state index contributed by atoms with van der Waals surface area (Å²) in [5, 5.41) is 2.59. The molecule has 10 heteroatoms. The van der Waals surface area contributed by atoms with Gasteiger partial charge in [0.15, 0.2) is 0 Å². The lowest BCUT2D eigenvalue weighted by atomic mass is 10.1. The third-order valence-electron chi connectivity index (χ3n) is 6.38. The predicted octanol–water partition coefficient (Wildman–Crippen LogP) is 4.47. The van der Waals surface area contributed by atoms with Crippen LogP contribution in [0.25, 0.3) is 0 Å². The van der Waals surface area contributed by atoms with E-state index >= 15 is 0 Å².